The molecular weight excluding hydrogens is 326 g/mol. The molecule has 1 saturated carbocycles. The highest BCUT2D eigenvalue weighted by Gasteiger charge is 2.27. The molecule has 1 aromatic carbocycles. The van der Waals surface area contributed by atoms with E-state index in [4.69, 9.17) is 9.47 Å². The number of methoxy groups -OCH3 is 2. The van der Waals surface area contributed by atoms with Crippen molar-refractivity contribution in [2.24, 2.45) is 5.92 Å². The zero-order valence-corrected chi connectivity index (χ0v) is 13.1. The Labute approximate surface area is 126 Å². The van der Waals surface area contributed by atoms with Gasteiger partial charge in [0.05, 0.1) is 14.2 Å². The Hall–Kier alpha value is -1.27. The summed E-state index contributed by atoms with van der Waals surface area (Å²) in [7, 11) is 3.08. The van der Waals surface area contributed by atoms with Crippen molar-refractivity contribution < 1.29 is 19.4 Å². The van der Waals surface area contributed by atoms with Crippen LogP contribution in [-0.2, 0) is 4.79 Å². The zero-order chi connectivity index (χ0) is 14.7. The molecule has 2 rings (SSSR count). The van der Waals surface area contributed by atoms with Crippen LogP contribution in [0.3, 0.4) is 0 Å². The van der Waals surface area contributed by atoms with Crippen LogP contribution in [0.5, 0.6) is 11.5 Å². The average Bonchev–Trinajstić information content (AvgIpc) is 3.23. The summed E-state index contributed by atoms with van der Waals surface area (Å²) >= 11 is 3.40. The molecule has 0 aromatic heterocycles. The summed E-state index contributed by atoms with van der Waals surface area (Å²) in [5.41, 5.74) is 0.635. The van der Waals surface area contributed by atoms with Crippen molar-refractivity contribution in [1.82, 2.24) is 5.32 Å². The summed E-state index contributed by atoms with van der Waals surface area (Å²) in [6.07, 6.45) is 2.35. The second-order valence-corrected chi connectivity index (χ2v) is 5.71. The number of carboxylic acid groups (broad SMARTS) is 1. The van der Waals surface area contributed by atoms with Gasteiger partial charge in [-0.05, 0) is 43.0 Å². The van der Waals surface area contributed by atoms with Gasteiger partial charge in [-0.1, -0.05) is 15.9 Å². The number of aliphatic carboxylic acids is 1. The van der Waals surface area contributed by atoms with Crippen LogP contribution < -0.4 is 14.8 Å². The molecule has 6 heteroatoms. The van der Waals surface area contributed by atoms with Crippen LogP contribution in [-0.4, -0.2) is 31.8 Å². The Bertz CT molecular complexity index is 502. The standard InChI is InChI=1S/C14H18BrNO4/c1-19-11-5-9(10(15)6-12(11)20-2)13(14(17)18)16-7-8-3-4-8/h5-6,8,13,16H,3-4,7H2,1-2H3,(H,17,18). The van der Waals surface area contributed by atoms with Gasteiger partial charge in [0.15, 0.2) is 11.5 Å². The maximum Gasteiger partial charge on any atom is 0.325 e. The fourth-order valence-electron chi connectivity index (χ4n) is 2.03. The molecular formula is C14H18BrNO4. The number of hydrogen-bond acceptors (Lipinski definition) is 4. The second kappa shape index (κ2) is 6.45. The normalized spacial score (nSPS) is 15.8. The third-order valence-corrected chi connectivity index (χ3v) is 4.06. The van der Waals surface area contributed by atoms with Gasteiger partial charge in [-0.2, -0.15) is 0 Å². The lowest BCUT2D eigenvalue weighted by Crippen LogP contribution is -2.30. The molecule has 0 aliphatic heterocycles. The lowest BCUT2D eigenvalue weighted by atomic mass is 10.1. The Kier molecular flexibility index (Phi) is 4.88. The van der Waals surface area contributed by atoms with E-state index in [9.17, 15) is 9.90 Å². The summed E-state index contributed by atoms with van der Waals surface area (Å²) in [5.74, 6) is 0.786. The fraction of sp³-hybridized carbons (Fsp3) is 0.500. The summed E-state index contributed by atoms with van der Waals surface area (Å²) in [4.78, 5) is 11.5. The molecule has 1 aliphatic rings. The fourth-order valence-corrected chi connectivity index (χ4v) is 2.58. The maximum absolute atomic E-state index is 11.5. The van der Waals surface area contributed by atoms with E-state index in [1.54, 1.807) is 19.2 Å². The number of ether oxygens (including phenoxy) is 2. The Morgan fingerprint density at radius 3 is 2.50 bits per heavy atom. The lowest BCUT2D eigenvalue weighted by Gasteiger charge is -2.18. The number of carbonyl (C=O) groups is 1. The van der Waals surface area contributed by atoms with E-state index in [2.05, 4.69) is 21.2 Å². The first-order valence-electron chi connectivity index (χ1n) is 6.44. The molecule has 5 nitrogen and oxygen atoms in total. The van der Waals surface area contributed by atoms with Crippen molar-refractivity contribution in [3.8, 4) is 11.5 Å². The Morgan fingerprint density at radius 2 is 2.00 bits per heavy atom. The molecule has 1 fully saturated rings. The molecule has 0 saturated heterocycles. The lowest BCUT2D eigenvalue weighted by molar-refractivity contribution is -0.139. The SMILES string of the molecule is COc1cc(Br)c(C(NCC2CC2)C(=O)O)cc1OC. The van der Waals surface area contributed by atoms with E-state index in [-0.39, 0.29) is 0 Å². The van der Waals surface area contributed by atoms with Crippen molar-refractivity contribution in [3.63, 3.8) is 0 Å². The van der Waals surface area contributed by atoms with E-state index in [1.807, 2.05) is 0 Å². The molecule has 110 valence electrons. The largest absolute Gasteiger partial charge is 0.493 e. The van der Waals surface area contributed by atoms with Gasteiger partial charge in [-0.25, -0.2) is 0 Å². The smallest absolute Gasteiger partial charge is 0.325 e. The van der Waals surface area contributed by atoms with Crippen molar-refractivity contribution in [2.45, 2.75) is 18.9 Å². The summed E-state index contributed by atoms with van der Waals surface area (Å²) in [6.45, 7) is 0.720. The predicted molar refractivity (Wildman–Crippen MR) is 78.3 cm³/mol. The van der Waals surface area contributed by atoms with Crippen molar-refractivity contribution in [2.75, 3.05) is 20.8 Å². The highest BCUT2D eigenvalue weighted by atomic mass is 79.9. The molecule has 0 bridgehead atoms. The van der Waals surface area contributed by atoms with E-state index in [1.165, 1.54) is 20.0 Å². The number of hydrogen-bond donors (Lipinski definition) is 2. The third kappa shape index (κ3) is 3.43. The van der Waals surface area contributed by atoms with E-state index < -0.39 is 12.0 Å². The predicted octanol–water partition coefficient (Wildman–Crippen LogP) is 2.59. The molecule has 0 amide bonds. The number of benzene rings is 1. The number of halogens is 1. The van der Waals surface area contributed by atoms with E-state index in [0.29, 0.717) is 27.5 Å². The van der Waals surface area contributed by atoms with Crippen LogP contribution in [0.2, 0.25) is 0 Å². The summed E-state index contributed by atoms with van der Waals surface area (Å²) in [6, 6.07) is 2.66. The molecule has 1 aliphatic carbocycles. The van der Waals surface area contributed by atoms with Crippen molar-refractivity contribution in [1.29, 1.82) is 0 Å². The number of rotatable bonds is 7. The van der Waals surface area contributed by atoms with E-state index in [0.717, 1.165) is 6.54 Å². The van der Waals surface area contributed by atoms with Gasteiger partial charge < -0.3 is 19.9 Å². The van der Waals surface area contributed by atoms with E-state index >= 15 is 0 Å². The van der Waals surface area contributed by atoms with Crippen LogP contribution in [0.4, 0.5) is 0 Å². The average molecular weight is 344 g/mol. The third-order valence-electron chi connectivity index (χ3n) is 3.37. The van der Waals surface area contributed by atoms with Gasteiger partial charge >= 0.3 is 5.97 Å². The second-order valence-electron chi connectivity index (χ2n) is 4.85. The highest BCUT2D eigenvalue weighted by molar-refractivity contribution is 9.10. The van der Waals surface area contributed by atoms with Gasteiger partial charge in [-0.15, -0.1) is 0 Å². The molecule has 2 N–H and O–H groups in total. The van der Waals surface area contributed by atoms with Crippen LogP contribution in [0.1, 0.15) is 24.4 Å². The van der Waals surface area contributed by atoms with Crippen LogP contribution in [0.15, 0.2) is 16.6 Å². The minimum atomic E-state index is -0.904. The Morgan fingerprint density at radius 1 is 1.40 bits per heavy atom. The van der Waals surface area contributed by atoms with Gasteiger partial charge in [0, 0.05) is 4.47 Å². The van der Waals surface area contributed by atoms with Crippen LogP contribution >= 0.6 is 15.9 Å². The monoisotopic (exact) mass is 343 g/mol. The van der Waals surface area contributed by atoms with Gasteiger partial charge in [0.1, 0.15) is 6.04 Å². The first-order chi connectivity index (χ1) is 9.56. The Balaban J connectivity index is 2.28. The minimum Gasteiger partial charge on any atom is -0.493 e. The van der Waals surface area contributed by atoms with Crippen LogP contribution in [0.25, 0.3) is 0 Å². The van der Waals surface area contributed by atoms with Crippen LogP contribution in [0, 0.1) is 5.92 Å². The zero-order valence-electron chi connectivity index (χ0n) is 11.5. The molecule has 0 radical (unpaired) electrons. The molecule has 1 aromatic rings. The first kappa shape index (κ1) is 15.1. The summed E-state index contributed by atoms with van der Waals surface area (Å²) < 4.78 is 11.1. The topological polar surface area (TPSA) is 67.8 Å². The van der Waals surface area contributed by atoms with Gasteiger partial charge in [0.2, 0.25) is 0 Å². The quantitative estimate of drug-likeness (QED) is 0.796. The molecule has 20 heavy (non-hydrogen) atoms. The van der Waals surface area contributed by atoms with Crippen molar-refractivity contribution >= 4 is 21.9 Å². The van der Waals surface area contributed by atoms with Gasteiger partial charge in [0.25, 0.3) is 0 Å². The molecule has 0 spiro atoms. The maximum atomic E-state index is 11.5. The number of carboxylic acids is 1. The van der Waals surface area contributed by atoms with Crippen molar-refractivity contribution in [3.05, 3.63) is 22.2 Å². The number of nitrogens with one attached hydrogen (secondary N) is 1. The molecule has 0 heterocycles. The first-order valence-corrected chi connectivity index (χ1v) is 7.23. The van der Waals surface area contributed by atoms with Gasteiger partial charge in [-0.3, -0.25) is 4.79 Å². The summed E-state index contributed by atoms with van der Waals surface area (Å²) in [5, 5.41) is 12.5. The highest BCUT2D eigenvalue weighted by Crippen LogP contribution is 2.36. The minimum absolute atomic E-state index is 0.519. The molecule has 1 atom stereocenters. The molecule has 1 unspecified atom stereocenters.